The van der Waals surface area contributed by atoms with Gasteiger partial charge in [0, 0.05) is 17.8 Å². The van der Waals surface area contributed by atoms with Crippen LogP contribution < -0.4 is 11.1 Å². The smallest absolute Gasteiger partial charge is 0.399 e. The van der Waals surface area contributed by atoms with Crippen molar-refractivity contribution in [2.75, 3.05) is 5.73 Å². The van der Waals surface area contributed by atoms with Crippen LogP contribution in [0.5, 0.6) is 0 Å². The summed E-state index contributed by atoms with van der Waals surface area (Å²) in [5.41, 5.74) is 5.54. The highest BCUT2D eigenvalue weighted by Gasteiger charge is 2.32. The number of nitrogens with two attached hydrogens (primary N) is 1. The average molecular weight is 294 g/mol. The van der Waals surface area contributed by atoms with Gasteiger partial charge >= 0.3 is 6.18 Å². The lowest BCUT2D eigenvalue weighted by Gasteiger charge is -2.13. The minimum absolute atomic E-state index is 0.0160. The average Bonchev–Trinajstić information content (AvgIpc) is 2.44. The van der Waals surface area contributed by atoms with Crippen LogP contribution in [-0.4, -0.2) is 5.91 Å². The number of halogens is 3. The van der Waals surface area contributed by atoms with E-state index in [1.54, 1.807) is 18.2 Å². The fraction of sp³-hybridized carbons (Fsp3) is 0.133. The molecule has 0 radical (unpaired) electrons. The number of hydrogen-bond acceptors (Lipinski definition) is 2. The van der Waals surface area contributed by atoms with E-state index in [2.05, 4.69) is 5.32 Å². The number of hydrogen-bond donors (Lipinski definition) is 2. The minimum atomic E-state index is -4.45. The predicted molar refractivity (Wildman–Crippen MR) is 73.5 cm³/mol. The molecule has 0 spiro atoms. The highest BCUT2D eigenvalue weighted by molar-refractivity contribution is 5.94. The van der Waals surface area contributed by atoms with Gasteiger partial charge in [0.1, 0.15) is 0 Å². The Hall–Kier alpha value is -2.50. The number of rotatable bonds is 3. The summed E-state index contributed by atoms with van der Waals surface area (Å²) in [4.78, 5) is 11.9. The SMILES string of the molecule is Nc1cccc(C(=O)NCc2ccccc2C(F)(F)F)c1. The van der Waals surface area contributed by atoms with Crippen LogP contribution in [-0.2, 0) is 12.7 Å². The number of nitrogens with one attached hydrogen (secondary N) is 1. The van der Waals surface area contributed by atoms with Crippen LogP contribution in [0.15, 0.2) is 48.5 Å². The van der Waals surface area contributed by atoms with E-state index in [0.29, 0.717) is 11.3 Å². The molecule has 0 heterocycles. The largest absolute Gasteiger partial charge is 0.416 e. The standard InChI is InChI=1S/C15H13F3N2O/c16-15(17,18)13-7-2-1-4-11(13)9-20-14(21)10-5-3-6-12(19)8-10/h1-8H,9,19H2,(H,20,21). The molecule has 0 aliphatic rings. The molecule has 2 aromatic carbocycles. The Morgan fingerprint density at radius 1 is 1.10 bits per heavy atom. The normalized spacial score (nSPS) is 11.2. The van der Waals surface area contributed by atoms with Crippen molar-refractivity contribution in [1.82, 2.24) is 5.32 Å². The van der Waals surface area contributed by atoms with E-state index in [-0.39, 0.29) is 12.1 Å². The van der Waals surface area contributed by atoms with Gasteiger partial charge in [-0.15, -0.1) is 0 Å². The van der Waals surface area contributed by atoms with Crippen molar-refractivity contribution in [2.45, 2.75) is 12.7 Å². The van der Waals surface area contributed by atoms with Crippen molar-refractivity contribution < 1.29 is 18.0 Å². The van der Waals surface area contributed by atoms with E-state index < -0.39 is 17.6 Å². The molecule has 0 aliphatic carbocycles. The molecule has 0 unspecified atom stereocenters. The van der Waals surface area contributed by atoms with Gasteiger partial charge in [0.25, 0.3) is 5.91 Å². The first-order chi connectivity index (χ1) is 9.88. The van der Waals surface area contributed by atoms with Crippen LogP contribution in [0.1, 0.15) is 21.5 Å². The monoisotopic (exact) mass is 294 g/mol. The van der Waals surface area contributed by atoms with Crippen LogP contribution in [0.25, 0.3) is 0 Å². The molecule has 1 amide bonds. The lowest BCUT2D eigenvalue weighted by molar-refractivity contribution is -0.138. The summed E-state index contributed by atoms with van der Waals surface area (Å²) in [6.45, 7) is -0.205. The van der Waals surface area contributed by atoms with Crippen molar-refractivity contribution in [1.29, 1.82) is 0 Å². The summed E-state index contributed by atoms with van der Waals surface area (Å²) < 4.78 is 38.5. The molecule has 0 atom stereocenters. The minimum Gasteiger partial charge on any atom is -0.399 e. The molecular formula is C15H13F3N2O. The van der Waals surface area contributed by atoms with Gasteiger partial charge < -0.3 is 11.1 Å². The topological polar surface area (TPSA) is 55.1 Å². The molecule has 3 nitrogen and oxygen atoms in total. The lowest BCUT2D eigenvalue weighted by atomic mass is 10.1. The molecule has 2 rings (SSSR count). The molecule has 0 saturated heterocycles. The van der Waals surface area contributed by atoms with Crippen LogP contribution in [0.2, 0.25) is 0 Å². The summed E-state index contributed by atoms with van der Waals surface area (Å²) in [6.07, 6.45) is -4.45. The lowest BCUT2D eigenvalue weighted by Crippen LogP contribution is -2.24. The van der Waals surface area contributed by atoms with Crippen molar-refractivity contribution in [2.24, 2.45) is 0 Å². The van der Waals surface area contributed by atoms with E-state index in [1.807, 2.05) is 0 Å². The van der Waals surface area contributed by atoms with Gasteiger partial charge in [0.15, 0.2) is 0 Å². The second-order valence-electron chi connectivity index (χ2n) is 4.46. The van der Waals surface area contributed by atoms with Gasteiger partial charge in [-0.2, -0.15) is 13.2 Å². The van der Waals surface area contributed by atoms with Gasteiger partial charge in [0.05, 0.1) is 5.56 Å². The van der Waals surface area contributed by atoms with Gasteiger partial charge in [-0.1, -0.05) is 24.3 Å². The first kappa shape index (κ1) is 14.9. The van der Waals surface area contributed by atoms with Crippen LogP contribution >= 0.6 is 0 Å². The molecule has 110 valence electrons. The zero-order chi connectivity index (χ0) is 15.5. The summed E-state index contributed by atoms with van der Waals surface area (Å²) in [7, 11) is 0. The molecular weight excluding hydrogens is 281 g/mol. The van der Waals surface area contributed by atoms with Crippen molar-refractivity contribution in [3.05, 3.63) is 65.2 Å². The number of anilines is 1. The number of amides is 1. The van der Waals surface area contributed by atoms with Gasteiger partial charge in [-0.3, -0.25) is 4.79 Å². The quantitative estimate of drug-likeness (QED) is 0.854. The Balaban J connectivity index is 2.12. The maximum Gasteiger partial charge on any atom is 0.416 e. The van der Waals surface area contributed by atoms with E-state index in [0.717, 1.165) is 6.07 Å². The predicted octanol–water partition coefficient (Wildman–Crippen LogP) is 3.22. The fourth-order valence-corrected chi connectivity index (χ4v) is 1.91. The Labute approximate surface area is 119 Å². The van der Waals surface area contributed by atoms with E-state index in [9.17, 15) is 18.0 Å². The molecule has 0 aromatic heterocycles. The maximum absolute atomic E-state index is 12.8. The van der Waals surface area contributed by atoms with Crippen molar-refractivity contribution in [3.8, 4) is 0 Å². The molecule has 0 aliphatic heterocycles. The fourth-order valence-electron chi connectivity index (χ4n) is 1.91. The molecule has 0 saturated carbocycles. The Bertz CT molecular complexity index is 653. The number of carbonyl (C=O) groups excluding carboxylic acids is 1. The summed E-state index contributed by atoms with van der Waals surface area (Å²) in [5, 5.41) is 2.46. The third kappa shape index (κ3) is 3.75. The van der Waals surface area contributed by atoms with Gasteiger partial charge in [-0.25, -0.2) is 0 Å². The van der Waals surface area contributed by atoms with Crippen molar-refractivity contribution in [3.63, 3.8) is 0 Å². The number of nitrogen functional groups attached to an aromatic ring is 1. The molecule has 21 heavy (non-hydrogen) atoms. The zero-order valence-electron chi connectivity index (χ0n) is 10.9. The molecule has 2 aromatic rings. The van der Waals surface area contributed by atoms with Gasteiger partial charge in [-0.05, 0) is 29.8 Å². The summed E-state index contributed by atoms with van der Waals surface area (Å²) in [5.74, 6) is -0.473. The summed E-state index contributed by atoms with van der Waals surface area (Å²) >= 11 is 0. The Morgan fingerprint density at radius 2 is 1.81 bits per heavy atom. The van der Waals surface area contributed by atoms with Crippen LogP contribution in [0.4, 0.5) is 18.9 Å². The summed E-state index contributed by atoms with van der Waals surface area (Å²) in [6, 6.07) is 11.4. The highest BCUT2D eigenvalue weighted by Crippen LogP contribution is 2.31. The zero-order valence-corrected chi connectivity index (χ0v) is 10.9. The van der Waals surface area contributed by atoms with Crippen LogP contribution in [0, 0.1) is 0 Å². The first-order valence-corrected chi connectivity index (χ1v) is 6.17. The number of alkyl halides is 3. The molecule has 0 bridgehead atoms. The van der Waals surface area contributed by atoms with Crippen molar-refractivity contribution >= 4 is 11.6 Å². The van der Waals surface area contributed by atoms with E-state index >= 15 is 0 Å². The maximum atomic E-state index is 12.8. The third-order valence-electron chi connectivity index (χ3n) is 2.91. The number of carbonyl (C=O) groups is 1. The third-order valence-corrected chi connectivity index (χ3v) is 2.91. The molecule has 0 fully saturated rings. The Kier molecular flexibility index (Phi) is 4.16. The van der Waals surface area contributed by atoms with Crippen LogP contribution in [0.3, 0.4) is 0 Å². The van der Waals surface area contributed by atoms with E-state index in [4.69, 9.17) is 5.73 Å². The Morgan fingerprint density at radius 3 is 2.48 bits per heavy atom. The molecule has 3 N–H and O–H groups in total. The number of benzene rings is 2. The second-order valence-corrected chi connectivity index (χ2v) is 4.46. The second kappa shape index (κ2) is 5.87. The highest BCUT2D eigenvalue weighted by atomic mass is 19.4. The van der Waals surface area contributed by atoms with E-state index in [1.165, 1.54) is 24.3 Å². The first-order valence-electron chi connectivity index (χ1n) is 6.17. The van der Waals surface area contributed by atoms with Gasteiger partial charge in [0.2, 0.25) is 0 Å². The molecule has 6 heteroatoms.